The summed E-state index contributed by atoms with van der Waals surface area (Å²) < 4.78 is 2.02. The molecule has 2 rings (SSSR count). The first-order valence-electron chi connectivity index (χ1n) is 3.06. The van der Waals surface area contributed by atoms with Crippen molar-refractivity contribution < 1.29 is 0 Å². The third-order valence-electron chi connectivity index (χ3n) is 1.48. The Morgan fingerprint density at radius 1 is 1.27 bits per heavy atom. The Balaban J connectivity index is 2.93. The average Bonchev–Trinajstić information content (AvgIpc) is 2.45. The number of halogens is 2. The molecule has 0 aliphatic carbocycles. The summed E-state index contributed by atoms with van der Waals surface area (Å²) in [5.74, 6) is 0. The van der Waals surface area contributed by atoms with Gasteiger partial charge in [-0.3, -0.25) is 0 Å². The molecule has 0 atom stereocenters. The van der Waals surface area contributed by atoms with E-state index in [9.17, 15) is 0 Å². The van der Waals surface area contributed by atoms with Crippen molar-refractivity contribution in [1.82, 2.24) is 9.97 Å². The van der Waals surface area contributed by atoms with E-state index >= 15 is 0 Å². The standard InChI is InChI=1S/C7H4Br2N2/c8-4-1-2-5-7(6(4)9)11-3-10-5/h1-3H,(H,10,11). The van der Waals surface area contributed by atoms with Crippen molar-refractivity contribution in [2.45, 2.75) is 0 Å². The fraction of sp³-hybridized carbons (Fsp3) is 0. The summed E-state index contributed by atoms with van der Waals surface area (Å²) in [4.78, 5) is 7.17. The summed E-state index contributed by atoms with van der Waals surface area (Å²) in [5.41, 5.74) is 2.00. The van der Waals surface area contributed by atoms with Gasteiger partial charge in [-0.2, -0.15) is 0 Å². The Labute approximate surface area is 80.3 Å². The van der Waals surface area contributed by atoms with Gasteiger partial charge in [0, 0.05) is 4.47 Å². The number of rotatable bonds is 0. The van der Waals surface area contributed by atoms with Crippen LogP contribution in [0.1, 0.15) is 0 Å². The Kier molecular flexibility index (Phi) is 1.73. The summed E-state index contributed by atoms with van der Waals surface area (Å²) in [6.07, 6.45) is 1.68. The zero-order chi connectivity index (χ0) is 7.84. The van der Waals surface area contributed by atoms with E-state index < -0.39 is 0 Å². The number of hydrogen-bond donors (Lipinski definition) is 1. The van der Waals surface area contributed by atoms with Crippen LogP contribution in [-0.2, 0) is 0 Å². The SMILES string of the molecule is Brc1ccc2[nH]cnc2c1Br. The molecule has 0 radical (unpaired) electrons. The molecule has 2 nitrogen and oxygen atoms in total. The van der Waals surface area contributed by atoms with Gasteiger partial charge >= 0.3 is 0 Å². The summed E-state index contributed by atoms with van der Waals surface area (Å²) in [7, 11) is 0. The van der Waals surface area contributed by atoms with Crippen LogP contribution in [0.25, 0.3) is 11.0 Å². The molecule has 1 aromatic heterocycles. The molecule has 0 fully saturated rings. The van der Waals surface area contributed by atoms with Crippen molar-refractivity contribution in [1.29, 1.82) is 0 Å². The number of nitrogens with one attached hydrogen (secondary N) is 1. The highest BCUT2D eigenvalue weighted by molar-refractivity contribution is 9.13. The predicted molar refractivity (Wildman–Crippen MR) is 51.5 cm³/mol. The van der Waals surface area contributed by atoms with Crippen molar-refractivity contribution in [2.24, 2.45) is 0 Å². The predicted octanol–water partition coefficient (Wildman–Crippen LogP) is 3.09. The highest BCUT2D eigenvalue weighted by Gasteiger charge is 2.03. The van der Waals surface area contributed by atoms with Gasteiger partial charge in [-0.1, -0.05) is 0 Å². The molecule has 0 amide bonds. The lowest BCUT2D eigenvalue weighted by Gasteiger charge is -1.94. The highest BCUT2D eigenvalue weighted by Crippen LogP contribution is 2.28. The van der Waals surface area contributed by atoms with Crippen molar-refractivity contribution in [2.75, 3.05) is 0 Å². The summed E-state index contributed by atoms with van der Waals surface area (Å²) in [6, 6.07) is 3.96. The molecule has 1 N–H and O–H groups in total. The lowest BCUT2D eigenvalue weighted by molar-refractivity contribution is 1.34. The quantitative estimate of drug-likeness (QED) is 0.786. The van der Waals surface area contributed by atoms with E-state index in [-0.39, 0.29) is 0 Å². The Morgan fingerprint density at radius 3 is 2.91 bits per heavy atom. The van der Waals surface area contributed by atoms with Crippen molar-refractivity contribution in [3.63, 3.8) is 0 Å². The molecule has 1 aromatic carbocycles. The van der Waals surface area contributed by atoms with Gasteiger partial charge in [0.05, 0.1) is 16.3 Å². The summed E-state index contributed by atoms with van der Waals surface area (Å²) >= 11 is 6.83. The first kappa shape index (κ1) is 7.31. The molecule has 0 unspecified atom stereocenters. The van der Waals surface area contributed by atoms with Crippen LogP contribution in [0.15, 0.2) is 27.4 Å². The molecular formula is C7H4Br2N2. The molecule has 56 valence electrons. The smallest absolute Gasteiger partial charge is 0.104 e. The van der Waals surface area contributed by atoms with Gasteiger partial charge in [0.15, 0.2) is 0 Å². The third-order valence-corrected chi connectivity index (χ3v) is 3.48. The fourth-order valence-electron chi connectivity index (χ4n) is 0.949. The number of nitrogens with zero attached hydrogens (tertiary/aromatic N) is 1. The van der Waals surface area contributed by atoms with Crippen molar-refractivity contribution in [3.8, 4) is 0 Å². The Hall–Kier alpha value is -0.350. The lowest BCUT2D eigenvalue weighted by atomic mass is 10.3. The maximum atomic E-state index is 4.15. The van der Waals surface area contributed by atoms with Crippen LogP contribution < -0.4 is 0 Å². The van der Waals surface area contributed by atoms with Gasteiger partial charge in [0.25, 0.3) is 0 Å². The first-order chi connectivity index (χ1) is 5.29. The van der Waals surface area contributed by atoms with Gasteiger partial charge < -0.3 is 4.98 Å². The van der Waals surface area contributed by atoms with Crippen LogP contribution in [-0.4, -0.2) is 9.97 Å². The minimum atomic E-state index is 0.958. The van der Waals surface area contributed by atoms with Gasteiger partial charge in [-0.15, -0.1) is 0 Å². The maximum Gasteiger partial charge on any atom is 0.104 e. The number of aromatic amines is 1. The van der Waals surface area contributed by atoms with Crippen LogP contribution >= 0.6 is 31.9 Å². The first-order valence-corrected chi connectivity index (χ1v) is 4.65. The number of imidazole rings is 1. The number of aromatic nitrogens is 2. The highest BCUT2D eigenvalue weighted by atomic mass is 79.9. The van der Waals surface area contributed by atoms with Crippen molar-refractivity contribution >= 4 is 42.9 Å². The van der Waals surface area contributed by atoms with E-state index in [0.29, 0.717) is 0 Å². The summed E-state index contributed by atoms with van der Waals surface area (Å²) in [6.45, 7) is 0. The third kappa shape index (κ3) is 1.10. The second kappa shape index (κ2) is 2.60. The van der Waals surface area contributed by atoms with Crippen LogP contribution in [0, 0.1) is 0 Å². The Bertz CT molecular complexity index is 394. The molecule has 4 heteroatoms. The number of H-pyrrole nitrogens is 1. The molecule has 2 aromatic rings. The monoisotopic (exact) mass is 274 g/mol. The lowest BCUT2D eigenvalue weighted by Crippen LogP contribution is -1.73. The molecular weight excluding hydrogens is 272 g/mol. The van der Waals surface area contributed by atoms with Gasteiger partial charge in [-0.05, 0) is 44.0 Å². The topological polar surface area (TPSA) is 28.7 Å². The molecule has 0 aliphatic rings. The molecule has 0 spiro atoms. The molecule has 0 bridgehead atoms. The van der Waals surface area contributed by atoms with Gasteiger partial charge in [0.2, 0.25) is 0 Å². The second-order valence-corrected chi connectivity index (χ2v) is 3.81. The second-order valence-electron chi connectivity index (χ2n) is 2.16. The van der Waals surface area contributed by atoms with E-state index in [2.05, 4.69) is 41.8 Å². The van der Waals surface area contributed by atoms with E-state index in [1.165, 1.54) is 0 Å². The summed E-state index contributed by atoms with van der Waals surface area (Å²) in [5, 5.41) is 0. The number of benzene rings is 1. The van der Waals surface area contributed by atoms with E-state index in [1.807, 2.05) is 12.1 Å². The number of hydrogen-bond acceptors (Lipinski definition) is 1. The molecule has 0 saturated heterocycles. The molecule has 1 heterocycles. The molecule has 0 aliphatic heterocycles. The average molecular weight is 276 g/mol. The normalized spacial score (nSPS) is 10.7. The largest absolute Gasteiger partial charge is 0.345 e. The van der Waals surface area contributed by atoms with Gasteiger partial charge in [0.1, 0.15) is 5.52 Å². The maximum absolute atomic E-state index is 4.15. The zero-order valence-corrected chi connectivity index (χ0v) is 8.61. The minimum absolute atomic E-state index is 0.958. The van der Waals surface area contributed by atoms with E-state index in [1.54, 1.807) is 6.33 Å². The van der Waals surface area contributed by atoms with E-state index in [4.69, 9.17) is 0 Å². The minimum Gasteiger partial charge on any atom is -0.345 e. The Morgan fingerprint density at radius 2 is 2.09 bits per heavy atom. The van der Waals surface area contributed by atoms with Crippen LogP contribution in [0.5, 0.6) is 0 Å². The van der Waals surface area contributed by atoms with Crippen LogP contribution in [0.3, 0.4) is 0 Å². The van der Waals surface area contributed by atoms with E-state index in [0.717, 1.165) is 20.0 Å². The van der Waals surface area contributed by atoms with Crippen molar-refractivity contribution in [3.05, 3.63) is 27.4 Å². The van der Waals surface area contributed by atoms with Crippen LogP contribution in [0.2, 0.25) is 0 Å². The fourth-order valence-corrected chi connectivity index (χ4v) is 1.72. The van der Waals surface area contributed by atoms with Gasteiger partial charge in [-0.25, -0.2) is 4.98 Å². The zero-order valence-electron chi connectivity index (χ0n) is 5.44. The molecule has 11 heavy (non-hydrogen) atoms. The number of fused-ring (bicyclic) bond motifs is 1. The molecule has 0 saturated carbocycles. The van der Waals surface area contributed by atoms with Crippen LogP contribution in [0.4, 0.5) is 0 Å².